The largest absolute Gasteiger partial charge is 0.382 e. The first-order valence-corrected chi connectivity index (χ1v) is 5.63. The molecule has 0 saturated carbocycles. The molecular formula is C13H10FN5. The second kappa shape index (κ2) is 4.49. The van der Waals surface area contributed by atoms with Gasteiger partial charge in [-0.15, -0.1) is 0 Å². The number of aromatic nitrogens is 4. The third-order valence-electron chi connectivity index (χ3n) is 2.73. The predicted octanol–water partition coefficient (Wildman–Crippen LogP) is 2.25. The van der Waals surface area contributed by atoms with E-state index in [1.807, 2.05) is 0 Å². The molecule has 2 aromatic heterocycles. The average molecular weight is 255 g/mol. The van der Waals surface area contributed by atoms with Gasteiger partial charge in [-0.3, -0.25) is 5.10 Å². The van der Waals surface area contributed by atoms with Gasteiger partial charge in [-0.2, -0.15) is 5.10 Å². The fraction of sp³-hybridized carbons (Fsp3) is 0. The van der Waals surface area contributed by atoms with Crippen LogP contribution in [0.5, 0.6) is 0 Å². The minimum atomic E-state index is -0.368. The summed E-state index contributed by atoms with van der Waals surface area (Å²) in [6.07, 6.45) is 3.20. The molecule has 19 heavy (non-hydrogen) atoms. The number of aromatic amines is 1. The lowest BCUT2D eigenvalue weighted by molar-refractivity contribution is 0.631. The normalized spacial score (nSPS) is 10.6. The van der Waals surface area contributed by atoms with Crippen LogP contribution in [0.15, 0.2) is 42.7 Å². The van der Waals surface area contributed by atoms with E-state index < -0.39 is 0 Å². The fourth-order valence-electron chi connectivity index (χ4n) is 1.88. The highest BCUT2D eigenvalue weighted by Crippen LogP contribution is 2.34. The molecule has 5 nitrogen and oxygen atoms in total. The van der Waals surface area contributed by atoms with Crippen molar-refractivity contribution in [2.45, 2.75) is 0 Å². The van der Waals surface area contributed by atoms with Gasteiger partial charge in [0.1, 0.15) is 11.5 Å². The van der Waals surface area contributed by atoms with Crippen LogP contribution < -0.4 is 5.73 Å². The van der Waals surface area contributed by atoms with Crippen LogP contribution in [0.3, 0.4) is 0 Å². The molecular weight excluding hydrogens is 245 g/mol. The first-order chi connectivity index (χ1) is 9.27. The molecule has 3 rings (SSSR count). The molecule has 0 unspecified atom stereocenters. The Morgan fingerprint density at radius 2 is 1.79 bits per heavy atom. The van der Waals surface area contributed by atoms with Crippen molar-refractivity contribution in [3.8, 4) is 22.6 Å². The first-order valence-electron chi connectivity index (χ1n) is 5.63. The maximum absolute atomic E-state index is 13.9. The molecule has 0 bridgehead atoms. The zero-order valence-corrected chi connectivity index (χ0v) is 9.84. The standard InChI is InChI=1S/C13H10FN5/c14-9-5-2-1-4-8(9)10-11(18-19-12(10)15)13-16-6-3-7-17-13/h1-7H,(H3,15,18,19). The van der Waals surface area contributed by atoms with Crippen molar-refractivity contribution < 1.29 is 4.39 Å². The zero-order valence-electron chi connectivity index (χ0n) is 9.84. The van der Waals surface area contributed by atoms with Crippen molar-refractivity contribution in [3.05, 3.63) is 48.5 Å². The number of rotatable bonds is 2. The van der Waals surface area contributed by atoms with Crippen molar-refractivity contribution >= 4 is 5.82 Å². The summed E-state index contributed by atoms with van der Waals surface area (Å²) >= 11 is 0. The van der Waals surface area contributed by atoms with Gasteiger partial charge < -0.3 is 5.73 Å². The smallest absolute Gasteiger partial charge is 0.178 e. The van der Waals surface area contributed by atoms with Crippen molar-refractivity contribution in [2.75, 3.05) is 5.73 Å². The molecule has 0 amide bonds. The lowest BCUT2D eigenvalue weighted by Gasteiger charge is -2.04. The molecule has 3 aromatic rings. The van der Waals surface area contributed by atoms with E-state index >= 15 is 0 Å². The molecule has 0 spiro atoms. The van der Waals surface area contributed by atoms with Crippen LogP contribution in [0.1, 0.15) is 0 Å². The Morgan fingerprint density at radius 3 is 2.53 bits per heavy atom. The van der Waals surface area contributed by atoms with Crippen molar-refractivity contribution in [3.63, 3.8) is 0 Å². The summed E-state index contributed by atoms with van der Waals surface area (Å²) in [6.45, 7) is 0. The van der Waals surface area contributed by atoms with Crippen molar-refractivity contribution in [1.82, 2.24) is 20.2 Å². The summed E-state index contributed by atoms with van der Waals surface area (Å²) in [5.41, 5.74) is 7.17. The Morgan fingerprint density at radius 1 is 1.05 bits per heavy atom. The van der Waals surface area contributed by atoms with Gasteiger partial charge in [0.25, 0.3) is 0 Å². The third-order valence-corrected chi connectivity index (χ3v) is 2.73. The van der Waals surface area contributed by atoms with E-state index in [-0.39, 0.29) is 11.6 Å². The Labute approximate surface area is 108 Å². The molecule has 6 heteroatoms. The van der Waals surface area contributed by atoms with Gasteiger partial charge in [0.15, 0.2) is 11.6 Å². The van der Waals surface area contributed by atoms with E-state index in [2.05, 4.69) is 20.2 Å². The zero-order chi connectivity index (χ0) is 13.2. The Kier molecular flexibility index (Phi) is 2.68. The topological polar surface area (TPSA) is 80.5 Å². The quantitative estimate of drug-likeness (QED) is 0.736. The SMILES string of the molecule is Nc1n[nH]c(-c2ncccn2)c1-c1ccccc1F. The molecule has 0 radical (unpaired) electrons. The molecule has 0 fully saturated rings. The molecule has 0 atom stereocenters. The monoisotopic (exact) mass is 255 g/mol. The van der Waals surface area contributed by atoms with Gasteiger partial charge in [0, 0.05) is 18.0 Å². The van der Waals surface area contributed by atoms with Gasteiger partial charge in [-0.05, 0) is 12.1 Å². The summed E-state index contributed by atoms with van der Waals surface area (Å²) in [7, 11) is 0. The number of nitrogens with zero attached hydrogens (tertiary/aromatic N) is 3. The van der Waals surface area contributed by atoms with Crippen LogP contribution >= 0.6 is 0 Å². The van der Waals surface area contributed by atoms with Crippen LogP contribution in [0.4, 0.5) is 10.2 Å². The van der Waals surface area contributed by atoms with Gasteiger partial charge in [0.05, 0.1) is 5.56 Å². The molecule has 1 aromatic carbocycles. The molecule has 0 aliphatic rings. The van der Waals surface area contributed by atoms with Crippen molar-refractivity contribution in [2.24, 2.45) is 0 Å². The number of nitrogens with two attached hydrogens (primary N) is 1. The fourth-order valence-corrected chi connectivity index (χ4v) is 1.88. The van der Waals surface area contributed by atoms with Gasteiger partial charge in [-0.25, -0.2) is 14.4 Å². The first kappa shape index (κ1) is 11.3. The van der Waals surface area contributed by atoms with Gasteiger partial charge in [-0.1, -0.05) is 18.2 Å². The van der Waals surface area contributed by atoms with E-state index in [1.165, 1.54) is 6.07 Å². The van der Waals surface area contributed by atoms with Crippen LogP contribution in [-0.2, 0) is 0 Å². The molecule has 94 valence electrons. The van der Waals surface area contributed by atoms with Crippen LogP contribution in [0.25, 0.3) is 22.6 Å². The van der Waals surface area contributed by atoms with Crippen LogP contribution in [-0.4, -0.2) is 20.2 Å². The highest BCUT2D eigenvalue weighted by atomic mass is 19.1. The van der Waals surface area contributed by atoms with Crippen LogP contribution in [0, 0.1) is 5.82 Å². The third kappa shape index (κ3) is 1.93. The summed E-state index contributed by atoms with van der Waals surface area (Å²) in [5.74, 6) is 0.269. The Balaban J connectivity index is 2.23. The highest BCUT2D eigenvalue weighted by Gasteiger charge is 2.18. The number of hydrogen-bond donors (Lipinski definition) is 2. The van der Waals surface area contributed by atoms with E-state index in [1.54, 1.807) is 36.7 Å². The molecule has 3 N–H and O–H groups in total. The van der Waals surface area contributed by atoms with Gasteiger partial charge >= 0.3 is 0 Å². The lowest BCUT2D eigenvalue weighted by Crippen LogP contribution is -1.93. The van der Waals surface area contributed by atoms with E-state index in [4.69, 9.17) is 5.73 Å². The number of H-pyrrole nitrogens is 1. The predicted molar refractivity (Wildman–Crippen MR) is 69.4 cm³/mol. The second-order valence-corrected chi connectivity index (χ2v) is 3.91. The van der Waals surface area contributed by atoms with Crippen molar-refractivity contribution in [1.29, 1.82) is 0 Å². The van der Waals surface area contributed by atoms with Crippen LogP contribution in [0.2, 0.25) is 0 Å². The average Bonchev–Trinajstić information content (AvgIpc) is 2.82. The number of hydrogen-bond acceptors (Lipinski definition) is 4. The second-order valence-electron chi connectivity index (χ2n) is 3.91. The molecule has 0 aliphatic carbocycles. The number of benzene rings is 1. The maximum Gasteiger partial charge on any atom is 0.178 e. The number of nitrogens with one attached hydrogen (secondary N) is 1. The van der Waals surface area contributed by atoms with E-state index in [0.717, 1.165) is 0 Å². The Bertz CT molecular complexity index is 708. The summed E-state index contributed by atoms with van der Waals surface area (Å²) in [6, 6.07) is 8.07. The molecule has 0 aliphatic heterocycles. The minimum absolute atomic E-state index is 0.215. The summed E-state index contributed by atoms with van der Waals surface area (Å²) in [5, 5.41) is 6.67. The maximum atomic E-state index is 13.9. The number of halogens is 1. The highest BCUT2D eigenvalue weighted by molar-refractivity contribution is 5.85. The lowest BCUT2D eigenvalue weighted by atomic mass is 10.0. The number of anilines is 1. The summed E-state index contributed by atoms with van der Waals surface area (Å²) < 4.78 is 13.9. The number of nitrogen functional groups attached to an aromatic ring is 1. The molecule has 2 heterocycles. The minimum Gasteiger partial charge on any atom is -0.382 e. The van der Waals surface area contributed by atoms with E-state index in [0.29, 0.717) is 22.6 Å². The van der Waals surface area contributed by atoms with Gasteiger partial charge in [0.2, 0.25) is 0 Å². The molecule has 0 saturated heterocycles. The summed E-state index contributed by atoms with van der Waals surface area (Å²) in [4.78, 5) is 8.24. The Hall–Kier alpha value is -2.76. The van der Waals surface area contributed by atoms with E-state index in [9.17, 15) is 4.39 Å².